The van der Waals surface area contributed by atoms with E-state index >= 15 is 0 Å². The zero-order valence-electron chi connectivity index (χ0n) is 19.2. The van der Waals surface area contributed by atoms with Gasteiger partial charge in [-0.3, -0.25) is 4.79 Å². The molecule has 32 heavy (non-hydrogen) atoms. The number of ether oxygens (including phenoxy) is 2. The van der Waals surface area contributed by atoms with Crippen LogP contribution in [0.2, 0.25) is 0 Å². The number of aliphatic hydroxyl groups is 1. The molecular formula is C23H34Cl3NO5. The Hall–Kier alpha value is -1.05. The van der Waals surface area contributed by atoms with Crippen molar-refractivity contribution in [2.45, 2.75) is 69.7 Å². The molecule has 1 aromatic rings. The third kappa shape index (κ3) is 10.7. The molecule has 6 nitrogen and oxygen atoms in total. The smallest absolute Gasteiger partial charge is 0.328 e. The Balaban J connectivity index is 2.81. The largest absolute Gasteiger partial charge is 0.460 e. The summed E-state index contributed by atoms with van der Waals surface area (Å²) in [7, 11) is 0. The fourth-order valence-corrected chi connectivity index (χ4v) is 3.30. The highest BCUT2D eigenvalue weighted by Gasteiger charge is 2.35. The fraction of sp³-hybridized carbons (Fsp3) is 0.652. The van der Waals surface area contributed by atoms with Gasteiger partial charge < -0.3 is 19.9 Å². The van der Waals surface area contributed by atoms with Crippen LogP contribution in [0.5, 0.6) is 0 Å². The minimum absolute atomic E-state index is 0.0373. The normalized spacial score (nSPS) is 15.8. The molecular weight excluding hydrogens is 477 g/mol. The van der Waals surface area contributed by atoms with E-state index in [0.717, 1.165) is 5.56 Å². The Bertz CT molecular complexity index is 709. The van der Waals surface area contributed by atoms with Crippen LogP contribution in [0.4, 0.5) is 0 Å². The average Bonchev–Trinajstić information content (AvgIpc) is 2.70. The molecule has 0 aliphatic rings. The van der Waals surface area contributed by atoms with Gasteiger partial charge in [0.25, 0.3) is 0 Å². The molecule has 0 bridgehead atoms. The lowest BCUT2D eigenvalue weighted by Crippen LogP contribution is -2.50. The van der Waals surface area contributed by atoms with Crippen LogP contribution in [0, 0.1) is 17.8 Å². The summed E-state index contributed by atoms with van der Waals surface area (Å²) >= 11 is 16.9. The maximum Gasteiger partial charge on any atom is 0.328 e. The van der Waals surface area contributed by atoms with Gasteiger partial charge in [0.2, 0.25) is 9.70 Å². The molecule has 0 aliphatic carbocycles. The molecule has 0 saturated carbocycles. The zero-order chi connectivity index (χ0) is 24.5. The van der Waals surface area contributed by atoms with Crippen LogP contribution < -0.4 is 5.32 Å². The number of alkyl halides is 3. The van der Waals surface area contributed by atoms with Crippen molar-refractivity contribution in [3.8, 4) is 0 Å². The van der Waals surface area contributed by atoms with Crippen LogP contribution in [0.3, 0.4) is 0 Å². The summed E-state index contributed by atoms with van der Waals surface area (Å²) < 4.78 is 9.25. The van der Waals surface area contributed by atoms with E-state index in [1.807, 2.05) is 58.0 Å². The van der Waals surface area contributed by atoms with Crippen LogP contribution in [0.1, 0.15) is 46.6 Å². The maximum atomic E-state index is 12.9. The second-order valence-electron chi connectivity index (χ2n) is 8.70. The molecule has 1 aromatic carbocycles. The number of hydrogen-bond donors (Lipinski definition) is 2. The van der Waals surface area contributed by atoms with Crippen molar-refractivity contribution in [2.75, 3.05) is 6.61 Å². The van der Waals surface area contributed by atoms with Gasteiger partial charge in [-0.2, -0.15) is 0 Å². The Morgan fingerprint density at radius 2 is 1.66 bits per heavy atom. The molecule has 0 heterocycles. The molecule has 1 rings (SSSR count). The number of carbonyl (C=O) groups excluding carboxylic acids is 2. The molecule has 0 fully saturated rings. The first-order valence-corrected chi connectivity index (χ1v) is 11.8. The first-order chi connectivity index (χ1) is 14.8. The number of hydrogen-bond acceptors (Lipinski definition) is 5. The highest BCUT2D eigenvalue weighted by molar-refractivity contribution is 6.67. The van der Waals surface area contributed by atoms with E-state index in [0.29, 0.717) is 13.0 Å². The van der Waals surface area contributed by atoms with Gasteiger partial charge in [0.15, 0.2) is 0 Å². The van der Waals surface area contributed by atoms with Gasteiger partial charge in [-0.15, -0.1) is 0 Å². The van der Waals surface area contributed by atoms with Crippen molar-refractivity contribution in [1.29, 1.82) is 0 Å². The summed E-state index contributed by atoms with van der Waals surface area (Å²) in [4.78, 5) is 25.3. The molecule has 1 amide bonds. The SMILES string of the molecule is CC(C)C[C@H](NC(=O)C(C)C(O)[C@@H](OCc1ccccc1)C(C)C)C(=O)OCC(Cl)(Cl)Cl. The molecule has 0 radical (unpaired) electrons. The number of amides is 1. The van der Waals surface area contributed by atoms with E-state index in [-0.39, 0.29) is 11.8 Å². The van der Waals surface area contributed by atoms with E-state index in [1.165, 1.54) is 0 Å². The number of aliphatic hydroxyl groups excluding tert-OH is 1. The lowest BCUT2D eigenvalue weighted by Gasteiger charge is -2.31. The molecule has 2 unspecified atom stereocenters. The van der Waals surface area contributed by atoms with Crippen molar-refractivity contribution in [1.82, 2.24) is 5.32 Å². The molecule has 0 saturated heterocycles. The Morgan fingerprint density at radius 1 is 1.06 bits per heavy atom. The highest BCUT2D eigenvalue weighted by Crippen LogP contribution is 2.26. The molecule has 4 atom stereocenters. The Labute approximate surface area is 205 Å². The van der Waals surface area contributed by atoms with Gasteiger partial charge in [-0.05, 0) is 23.8 Å². The standard InChI is InChI=1S/C23H34Cl3NO5/c1-14(2)11-18(22(30)32-13-23(24,25)26)27-21(29)16(5)19(28)20(15(3)4)31-12-17-9-7-6-8-10-17/h6-10,14-16,18-20,28H,11-13H2,1-5H3,(H,27,29)/t16?,18-,19?,20-/m0/s1. The molecule has 0 spiro atoms. The lowest BCUT2D eigenvalue weighted by molar-refractivity contribution is -0.150. The van der Waals surface area contributed by atoms with E-state index in [4.69, 9.17) is 44.3 Å². The first kappa shape index (κ1) is 29.0. The minimum atomic E-state index is -1.74. The first-order valence-electron chi connectivity index (χ1n) is 10.7. The monoisotopic (exact) mass is 509 g/mol. The molecule has 2 N–H and O–H groups in total. The number of benzene rings is 1. The molecule has 0 aliphatic heterocycles. The van der Waals surface area contributed by atoms with E-state index < -0.39 is 46.4 Å². The van der Waals surface area contributed by atoms with Crippen molar-refractivity contribution >= 4 is 46.7 Å². The highest BCUT2D eigenvalue weighted by atomic mass is 35.6. The minimum Gasteiger partial charge on any atom is -0.460 e. The van der Waals surface area contributed by atoms with Crippen LogP contribution in [0.25, 0.3) is 0 Å². The van der Waals surface area contributed by atoms with E-state index in [1.54, 1.807) is 6.92 Å². The van der Waals surface area contributed by atoms with Gasteiger partial charge in [-0.1, -0.05) is 99.8 Å². The number of rotatable bonds is 12. The Kier molecular flexibility index (Phi) is 12.3. The van der Waals surface area contributed by atoms with Crippen molar-refractivity contribution < 1.29 is 24.2 Å². The van der Waals surface area contributed by atoms with Crippen LogP contribution in [-0.2, 0) is 25.7 Å². The quantitative estimate of drug-likeness (QED) is 0.315. The number of nitrogens with one attached hydrogen (secondary N) is 1. The van der Waals surface area contributed by atoms with Crippen LogP contribution >= 0.6 is 34.8 Å². The van der Waals surface area contributed by atoms with E-state index in [2.05, 4.69) is 5.32 Å². The van der Waals surface area contributed by atoms with Crippen molar-refractivity contribution in [3.63, 3.8) is 0 Å². The molecule has 182 valence electrons. The molecule has 9 heteroatoms. The summed E-state index contributed by atoms with van der Waals surface area (Å²) in [5.74, 6) is -1.94. The summed E-state index contributed by atoms with van der Waals surface area (Å²) in [6.07, 6.45) is -1.31. The average molecular weight is 511 g/mol. The summed E-state index contributed by atoms with van der Waals surface area (Å²) in [6.45, 7) is 9.13. The summed E-state index contributed by atoms with van der Waals surface area (Å²) in [5, 5.41) is 13.6. The second kappa shape index (κ2) is 13.6. The van der Waals surface area contributed by atoms with Crippen molar-refractivity contribution in [3.05, 3.63) is 35.9 Å². The third-order valence-corrected chi connectivity index (χ3v) is 5.22. The van der Waals surface area contributed by atoms with E-state index in [9.17, 15) is 14.7 Å². The second-order valence-corrected chi connectivity index (χ2v) is 11.2. The topological polar surface area (TPSA) is 84.9 Å². The number of halogens is 3. The predicted octanol–water partition coefficient (Wildman–Crippen LogP) is 4.67. The lowest BCUT2D eigenvalue weighted by atomic mass is 9.91. The summed E-state index contributed by atoms with van der Waals surface area (Å²) in [5.41, 5.74) is 0.969. The number of carbonyl (C=O) groups is 2. The van der Waals surface area contributed by atoms with Gasteiger partial charge in [-0.25, -0.2) is 4.79 Å². The zero-order valence-corrected chi connectivity index (χ0v) is 21.5. The Morgan fingerprint density at radius 3 is 2.16 bits per heavy atom. The maximum absolute atomic E-state index is 12.9. The predicted molar refractivity (Wildman–Crippen MR) is 128 cm³/mol. The van der Waals surface area contributed by atoms with Gasteiger partial charge in [0, 0.05) is 0 Å². The fourth-order valence-electron chi connectivity index (χ4n) is 3.13. The number of esters is 1. The van der Waals surface area contributed by atoms with Crippen molar-refractivity contribution in [2.24, 2.45) is 17.8 Å². The van der Waals surface area contributed by atoms with Gasteiger partial charge in [0.05, 0.1) is 24.7 Å². The third-order valence-electron chi connectivity index (χ3n) is 4.89. The molecule has 0 aromatic heterocycles. The van der Waals surface area contributed by atoms with Gasteiger partial charge >= 0.3 is 5.97 Å². The van der Waals surface area contributed by atoms with Gasteiger partial charge in [0.1, 0.15) is 12.6 Å². The van der Waals surface area contributed by atoms with Crippen LogP contribution in [-0.4, -0.2) is 45.6 Å². The van der Waals surface area contributed by atoms with Crippen LogP contribution in [0.15, 0.2) is 30.3 Å². The summed E-state index contributed by atoms with van der Waals surface area (Å²) in [6, 6.07) is 8.67.